The van der Waals surface area contributed by atoms with Crippen LogP contribution in [0.5, 0.6) is 0 Å². The van der Waals surface area contributed by atoms with Gasteiger partial charge < -0.3 is 14.5 Å². The second-order valence-corrected chi connectivity index (χ2v) is 5.39. The topological polar surface area (TPSA) is 54.6 Å². The molecule has 0 N–H and O–H groups in total. The summed E-state index contributed by atoms with van der Waals surface area (Å²) in [5.41, 5.74) is 4.05. The van der Waals surface area contributed by atoms with Crippen LogP contribution in [0.4, 0.5) is 11.4 Å². The van der Waals surface area contributed by atoms with E-state index < -0.39 is 0 Å². The fourth-order valence-electron chi connectivity index (χ4n) is 3.06. The van der Waals surface area contributed by atoms with E-state index in [0.717, 1.165) is 56.1 Å². The Balaban J connectivity index is 1.78. The lowest BCUT2D eigenvalue weighted by atomic mass is 10.2. The molecule has 4 rings (SSSR count). The van der Waals surface area contributed by atoms with Crippen molar-refractivity contribution in [3.05, 3.63) is 12.1 Å². The normalized spacial score (nSPS) is 20.0. The third-order valence-electron chi connectivity index (χ3n) is 4.15. The first-order valence-electron chi connectivity index (χ1n) is 7.26. The maximum Gasteiger partial charge on any atom is 0.158 e. The first-order chi connectivity index (χ1) is 9.92. The van der Waals surface area contributed by atoms with Gasteiger partial charge in [-0.3, -0.25) is 0 Å². The highest BCUT2D eigenvalue weighted by Crippen LogP contribution is 2.32. The number of nitrogens with zero attached hydrogens (tertiary/aromatic N) is 4. The number of rotatable bonds is 2. The number of hydrogen-bond donors (Lipinski definition) is 0. The van der Waals surface area contributed by atoms with Crippen LogP contribution in [0.25, 0.3) is 11.0 Å². The average molecular weight is 274 g/mol. The highest BCUT2D eigenvalue weighted by molar-refractivity contribution is 5.91. The van der Waals surface area contributed by atoms with E-state index in [1.54, 1.807) is 0 Å². The van der Waals surface area contributed by atoms with Crippen LogP contribution >= 0.6 is 0 Å². The van der Waals surface area contributed by atoms with Crippen molar-refractivity contribution >= 4 is 22.4 Å². The van der Waals surface area contributed by atoms with Crippen molar-refractivity contribution < 1.29 is 9.37 Å². The highest BCUT2D eigenvalue weighted by Gasteiger charge is 2.21. The average Bonchev–Trinajstić information content (AvgIpc) is 3.18. The van der Waals surface area contributed by atoms with E-state index in [1.807, 2.05) is 0 Å². The molecule has 0 radical (unpaired) electrons. The quantitative estimate of drug-likeness (QED) is 0.830. The molecule has 0 spiro atoms. The smallest absolute Gasteiger partial charge is 0.158 e. The summed E-state index contributed by atoms with van der Waals surface area (Å²) >= 11 is 0. The van der Waals surface area contributed by atoms with Crippen LogP contribution in [-0.2, 0) is 4.74 Å². The summed E-state index contributed by atoms with van der Waals surface area (Å²) in [5, 5.41) is 8.11. The van der Waals surface area contributed by atoms with Gasteiger partial charge in [0.2, 0.25) is 0 Å². The van der Waals surface area contributed by atoms with Gasteiger partial charge in [-0.2, -0.15) is 0 Å². The van der Waals surface area contributed by atoms with Crippen LogP contribution in [-0.4, -0.2) is 49.7 Å². The van der Waals surface area contributed by atoms with Gasteiger partial charge in [0.25, 0.3) is 0 Å². The minimum atomic E-state index is 0.765. The van der Waals surface area contributed by atoms with Crippen molar-refractivity contribution in [1.29, 1.82) is 0 Å². The van der Waals surface area contributed by atoms with Gasteiger partial charge in [0.1, 0.15) is 5.52 Å². The third-order valence-corrected chi connectivity index (χ3v) is 4.15. The molecule has 20 heavy (non-hydrogen) atoms. The van der Waals surface area contributed by atoms with Crippen molar-refractivity contribution in [2.24, 2.45) is 0 Å². The largest absolute Gasteiger partial charge is 0.378 e. The van der Waals surface area contributed by atoms with E-state index in [9.17, 15) is 0 Å². The summed E-state index contributed by atoms with van der Waals surface area (Å²) < 4.78 is 10.4. The van der Waals surface area contributed by atoms with Crippen molar-refractivity contribution in [2.45, 2.75) is 12.8 Å². The molecule has 0 unspecified atom stereocenters. The molecular weight excluding hydrogens is 256 g/mol. The van der Waals surface area contributed by atoms with Gasteiger partial charge in [0.15, 0.2) is 5.52 Å². The van der Waals surface area contributed by atoms with Gasteiger partial charge in [0.05, 0.1) is 18.9 Å². The molecule has 2 fully saturated rings. The van der Waals surface area contributed by atoms with Crippen LogP contribution < -0.4 is 9.80 Å². The number of anilines is 2. The number of ether oxygens (including phenoxy) is 1. The van der Waals surface area contributed by atoms with E-state index in [-0.39, 0.29) is 0 Å². The maximum atomic E-state index is 5.43. The first-order valence-corrected chi connectivity index (χ1v) is 7.26. The van der Waals surface area contributed by atoms with Crippen molar-refractivity contribution in [1.82, 2.24) is 10.3 Å². The number of aromatic nitrogens is 2. The molecule has 2 aromatic rings. The number of benzene rings is 1. The fraction of sp³-hybridized carbons (Fsp3) is 0.571. The van der Waals surface area contributed by atoms with E-state index in [4.69, 9.17) is 9.37 Å². The molecule has 6 nitrogen and oxygen atoms in total. The van der Waals surface area contributed by atoms with Gasteiger partial charge in [-0.05, 0) is 35.3 Å². The Morgan fingerprint density at radius 2 is 1.70 bits per heavy atom. The summed E-state index contributed by atoms with van der Waals surface area (Å²) in [5.74, 6) is 0. The van der Waals surface area contributed by atoms with Crippen LogP contribution in [0.15, 0.2) is 16.8 Å². The third kappa shape index (κ3) is 2.00. The highest BCUT2D eigenvalue weighted by atomic mass is 16.6. The molecule has 0 bridgehead atoms. The minimum absolute atomic E-state index is 0.765. The Morgan fingerprint density at radius 3 is 2.50 bits per heavy atom. The second kappa shape index (κ2) is 4.94. The van der Waals surface area contributed by atoms with E-state index in [2.05, 4.69) is 32.2 Å². The Hall–Kier alpha value is -1.82. The summed E-state index contributed by atoms with van der Waals surface area (Å²) in [7, 11) is 0. The zero-order chi connectivity index (χ0) is 13.4. The molecule has 6 heteroatoms. The first kappa shape index (κ1) is 12.0. The van der Waals surface area contributed by atoms with Gasteiger partial charge in [-0.1, -0.05) is 0 Å². The summed E-state index contributed by atoms with van der Waals surface area (Å²) in [6.07, 6.45) is 2.53. The van der Waals surface area contributed by atoms with Gasteiger partial charge in [0, 0.05) is 31.9 Å². The predicted octanol–water partition coefficient (Wildman–Crippen LogP) is 1.66. The molecule has 106 valence electrons. The van der Waals surface area contributed by atoms with Crippen molar-refractivity contribution in [3.8, 4) is 0 Å². The lowest BCUT2D eigenvalue weighted by molar-refractivity contribution is 0.123. The molecular formula is C14H18N4O2. The molecule has 3 heterocycles. The maximum absolute atomic E-state index is 5.43. The van der Waals surface area contributed by atoms with Crippen LogP contribution in [0.2, 0.25) is 0 Å². The molecule has 0 atom stereocenters. The van der Waals surface area contributed by atoms with Crippen LogP contribution in [0, 0.1) is 0 Å². The predicted molar refractivity (Wildman–Crippen MR) is 76.3 cm³/mol. The summed E-state index contributed by atoms with van der Waals surface area (Å²) in [6.45, 7) is 5.57. The molecule has 0 amide bonds. The van der Waals surface area contributed by atoms with Gasteiger partial charge in [-0.25, -0.2) is 4.63 Å². The Morgan fingerprint density at radius 1 is 0.900 bits per heavy atom. The molecule has 0 aliphatic carbocycles. The minimum Gasteiger partial charge on any atom is -0.378 e. The van der Waals surface area contributed by atoms with Crippen molar-refractivity contribution in [3.63, 3.8) is 0 Å². The zero-order valence-electron chi connectivity index (χ0n) is 11.4. The summed E-state index contributed by atoms with van der Waals surface area (Å²) in [6, 6.07) is 4.31. The number of morpholine rings is 1. The molecule has 2 aliphatic heterocycles. The monoisotopic (exact) mass is 274 g/mol. The van der Waals surface area contributed by atoms with E-state index in [0.29, 0.717) is 0 Å². The molecule has 1 aromatic heterocycles. The zero-order valence-corrected chi connectivity index (χ0v) is 11.4. The number of fused-ring (bicyclic) bond motifs is 1. The fourth-order valence-corrected chi connectivity index (χ4v) is 3.06. The Labute approximate surface area is 117 Å². The molecule has 2 aliphatic rings. The van der Waals surface area contributed by atoms with E-state index >= 15 is 0 Å². The second-order valence-electron chi connectivity index (χ2n) is 5.39. The van der Waals surface area contributed by atoms with Gasteiger partial charge >= 0.3 is 0 Å². The lowest BCUT2D eigenvalue weighted by Crippen LogP contribution is -2.36. The molecule has 2 saturated heterocycles. The molecule has 1 aromatic carbocycles. The SMILES string of the molecule is c1c(N2CCCC2)cc2nonc2c1N1CCOCC1. The lowest BCUT2D eigenvalue weighted by Gasteiger charge is -2.29. The standard InChI is InChI=1S/C14H18N4O2/c1-2-4-17(3-1)11-9-12-14(16-20-15-12)13(10-11)18-5-7-19-8-6-18/h9-10H,1-8H2. The van der Waals surface area contributed by atoms with Crippen LogP contribution in [0.3, 0.4) is 0 Å². The molecule has 0 saturated carbocycles. The van der Waals surface area contributed by atoms with Crippen LogP contribution in [0.1, 0.15) is 12.8 Å². The van der Waals surface area contributed by atoms with Crippen molar-refractivity contribution in [2.75, 3.05) is 49.2 Å². The summed E-state index contributed by atoms with van der Waals surface area (Å²) in [4.78, 5) is 4.73. The van der Waals surface area contributed by atoms with Gasteiger partial charge in [-0.15, -0.1) is 0 Å². The number of hydrogen-bond acceptors (Lipinski definition) is 6. The Bertz CT molecular complexity index is 600. The Kier molecular flexibility index (Phi) is 2.95. The van der Waals surface area contributed by atoms with E-state index in [1.165, 1.54) is 18.5 Å².